The number of likely N-dealkylation sites (N-methyl/N-ethyl adjacent to an activating group) is 1. The summed E-state index contributed by atoms with van der Waals surface area (Å²) in [6.07, 6.45) is 1.07. The highest BCUT2D eigenvalue weighted by Gasteiger charge is 2.26. The first-order valence-electron chi connectivity index (χ1n) is 4.74. The van der Waals surface area contributed by atoms with Crippen molar-refractivity contribution >= 4 is 5.91 Å². The number of hydrogen-bond donors (Lipinski definition) is 2. The Morgan fingerprint density at radius 1 is 1.62 bits per heavy atom. The lowest BCUT2D eigenvalue weighted by molar-refractivity contribution is -0.123. The highest BCUT2D eigenvalue weighted by molar-refractivity contribution is 5.81. The van der Waals surface area contributed by atoms with Gasteiger partial charge < -0.3 is 15.4 Å². The third-order valence-corrected chi connectivity index (χ3v) is 2.53. The largest absolute Gasteiger partial charge is 0.376 e. The molecule has 1 aliphatic heterocycles. The van der Waals surface area contributed by atoms with Gasteiger partial charge in [0.1, 0.15) is 0 Å². The van der Waals surface area contributed by atoms with E-state index in [0.29, 0.717) is 0 Å². The standard InChI is InChI=1S/C9H18N2O2/c1-6(10-3)9(12)11-8-4-5-13-7(8)2/h6-8,10H,4-5H2,1-3H3,(H,11,12). The van der Waals surface area contributed by atoms with Gasteiger partial charge in [0, 0.05) is 6.61 Å². The highest BCUT2D eigenvalue weighted by Crippen LogP contribution is 2.12. The number of carbonyl (C=O) groups is 1. The van der Waals surface area contributed by atoms with Gasteiger partial charge in [0.05, 0.1) is 18.2 Å². The van der Waals surface area contributed by atoms with Gasteiger partial charge in [0.2, 0.25) is 5.91 Å². The van der Waals surface area contributed by atoms with Crippen molar-refractivity contribution in [1.82, 2.24) is 10.6 Å². The molecule has 0 spiro atoms. The van der Waals surface area contributed by atoms with Gasteiger partial charge in [-0.25, -0.2) is 0 Å². The highest BCUT2D eigenvalue weighted by atomic mass is 16.5. The molecule has 1 fully saturated rings. The summed E-state index contributed by atoms with van der Waals surface area (Å²) < 4.78 is 5.34. The fraction of sp³-hybridized carbons (Fsp3) is 0.889. The van der Waals surface area contributed by atoms with Gasteiger partial charge in [-0.05, 0) is 27.3 Å². The quantitative estimate of drug-likeness (QED) is 0.646. The minimum atomic E-state index is -0.132. The van der Waals surface area contributed by atoms with Crippen LogP contribution in [0.15, 0.2) is 0 Å². The molecule has 4 heteroatoms. The van der Waals surface area contributed by atoms with E-state index in [-0.39, 0.29) is 24.1 Å². The Bertz CT molecular complexity index is 184. The molecule has 0 saturated carbocycles. The zero-order valence-corrected chi connectivity index (χ0v) is 8.46. The lowest BCUT2D eigenvalue weighted by Crippen LogP contribution is -2.47. The van der Waals surface area contributed by atoms with Gasteiger partial charge in [-0.3, -0.25) is 4.79 Å². The molecule has 1 amide bonds. The summed E-state index contributed by atoms with van der Waals surface area (Å²) in [6.45, 7) is 4.58. The number of ether oxygens (including phenoxy) is 1. The summed E-state index contributed by atoms with van der Waals surface area (Å²) in [5, 5.41) is 5.85. The van der Waals surface area contributed by atoms with Gasteiger partial charge in [0.25, 0.3) is 0 Å². The van der Waals surface area contributed by atoms with E-state index in [2.05, 4.69) is 10.6 Å². The number of carbonyl (C=O) groups excluding carboxylic acids is 1. The van der Waals surface area contributed by atoms with E-state index in [9.17, 15) is 4.79 Å². The predicted octanol–water partition coefficient (Wildman–Crippen LogP) is -0.112. The van der Waals surface area contributed by atoms with Crippen molar-refractivity contribution in [3.05, 3.63) is 0 Å². The van der Waals surface area contributed by atoms with Crippen LogP contribution in [0.4, 0.5) is 0 Å². The molecular weight excluding hydrogens is 168 g/mol. The second kappa shape index (κ2) is 4.58. The number of hydrogen-bond acceptors (Lipinski definition) is 3. The fourth-order valence-corrected chi connectivity index (χ4v) is 1.36. The summed E-state index contributed by atoms with van der Waals surface area (Å²) in [5.41, 5.74) is 0. The van der Waals surface area contributed by atoms with Crippen LogP contribution in [-0.4, -0.2) is 37.7 Å². The van der Waals surface area contributed by atoms with Crippen molar-refractivity contribution in [2.75, 3.05) is 13.7 Å². The van der Waals surface area contributed by atoms with Crippen molar-refractivity contribution < 1.29 is 9.53 Å². The van der Waals surface area contributed by atoms with Crippen molar-refractivity contribution in [2.24, 2.45) is 0 Å². The average molecular weight is 186 g/mol. The normalized spacial score (nSPS) is 30.1. The minimum absolute atomic E-state index is 0.0462. The molecule has 0 bridgehead atoms. The summed E-state index contributed by atoms with van der Waals surface area (Å²) in [7, 11) is 1.78. The fourth-order valence-electron chi connectivity index (χ4n) is 1.36. The maximum Gasteiger partial charge on any atom is 0.237 e. The molecule has 0 aliphatic carbocycles. The molecule has 0 aromatic carbocycles. The SMILES string of the molecule is CNC(C)C(=O)NC1CCOC1C. The van der Waals surface area contributed by atoms with Gasteiger partial charge in [0.15, 0.2) is 0 Å². The Morgan fingerprint density at radius 2 is 2.31 bits per heavy atom. The molecule has 3 atom stereocenters. The molecule has 1 aliphatic rings. The summed E-state index contributed by atoms with van der Waals surface area (Å²) in [6, 6.07) is 0.0519. The molecule has 3 unspecified atom stereocenters. The third-order valence-electron chi connectivity index (χ3n) is 2.53. The summed E-state index contributed by atoms with van der Waals surface area (Å²) in [5.74, 6) is 0.0462. The van der Waals surface area contributed by atoms with Crippen molar-refractivity contribution in [1.29, 1.82) is 0 Å². The lowest BCUT2D eigenvalue weighted by atomic mass is 10.1. The maximum atomic E-state index is 11.4. The maximum absolute atomic E-state index is 11.4. The Labute approximate surface area is 79.0 Å². The van der Waals surface area contributed by atoms with Crippen LogP contribution in [0.2, 0.25) is 0 Å². The zero-order valence-electron chi connectivity index (χ0n) is 8.46. The van der Waals surface area contributed by atoms with Gasteiger partial charge in [-0.2, -0.15) is 0 Å². The van der Waals surface area contributed by atoms with Crippen LogP contribution in [0.3, 0.4) is 0 Å². The molecule has 2 N–H and O–H groups in total. The molecular formula is C9H18N2O2. The lowest BCUT2D eigenvalue weighted by Gasteiger charge is -2.18. The van der Waals surface area contributed by atoms with E-state index >= 15 is 0 Å². The second-order valence-corrected chi connectivity index (χ2v) is 3.49. The van der Waals surface area contributed by atoms with Crippen LogP contribution in [0.1, 0.15) is 20.3 Å². The van der Waals surface area contributed by atoms with E-state index in [1.807, 2.05) is 13.8 Å². The summed E-state index contributed by atoms with van der Waals surface area (Å²) >= 11 is 0. The minimum Gasteiger partial charge on any atom is -0.376 e. The monoisotopic (exact) mass is 186 g/mol. The molecule has 13 heavy (non-hydrogen) atoms. The molecule has 1 rings (SSSR count). The van der Waals surface area contributed by atoms with Crippen LogP contribution >= 0.6 is 0 Å². The first-order valence-corrected chi connectivity index (χ1v) is 4.74. The smallest absolute Gasteiger partial charge is 0.237 e. The Balaban J connectivity index is 2.35. The van der Waals surface area contributed by atoms with E-state index in [1.165, 1.54) is 0 Å². The number of rotatable bonds is 3. The van der Waals surface area contributed by atoms with Crippen molar-refractivity contribution in [3.8, 4) is 0 Å². The van der Waals surface area contributed by atoms with Crippen LogP contribution < -0.4 is 10.6 Å². The zero-order chi connectivity index (χ0) is 9.84. The van der Waals surface area contributed by atoms with Gasteiger partial charge >= 0.3 is 0 Å². The van der Waals surface area contributed by atoms with Gasteiger partial charge in [-0.15, -0.1) is 0 Å². The van der Waals surface area contributed by atoms with Crippen molar-refractivity contribution in [3.63, 3.8) is 0 Å². The predicted molar refractivity (Wildman–Crippen MR) is 50.5 cm³/mol. The molecule has 76 valence electrons. The van der Waals surface area contributed by atoms with E-state index in [1.54, 1.807) is 7.05 Å². The first kappa shape index (κ1) is 10.5. The van der Waals surface area contributed by atoms with Crippen LogP contribution in [-0.2, 0) is 9.53 Å². The van der Waals surface area contributed by atoms with E-state index < -0.39 is 0 Å². The Morgan fingerprint density at radius 3 is 2.77 bits per heavy atom. The number of nitrogens with one attached hydrogen (secondary N) is 2. The topological polar surface area (TPSA) is 50.4 Å². The molecule has 0 radical (unpaired) electrons. The van der Waals surface area contributed by atoms with Crippen LogP contribution in [0, 0.1) is 0 Å². The van der Waals surface area contributed by atoms with Crippen LogP contribution in [0.25, 0.3) is 0 Å². The molecule has 4 nitrogen and oxygen atoms in total. The average Bonchev–Trinajstić information content (AvgIpc) is 2.50. The summed E-state index contributed by atoms with van der Waals surface area (Å²) in [4.78, 5) is 11.4. The molecule has 0 aromatic heterocycles. The molecule has 1 saturated heterocycles. The van der Waals surface area contributed by atoms with Gasteiger partial charge in [-0.1, -0.05) is 0 Å². The second-order valence-electron chi connectivity index (χ2n) is 3.49. The third kappa shape index (κ3) is 2.67. The Hall–Kier alpha value is -0.610. The van der Waals surface area contributed by atoms with E-state index in [4.69, 9.17) is 4.74 Å². The Kier molecular flexibility index (Phi) is 3.69. The molecule has 1 heterocycles. The molecule has 0 aromatic rings. The van der Waals surface area contributed by atoms with E-state index in [0.717, 1.165) is 13.0 Å². The first-order chi connectivity index (χ1) is 6.15. The van der Waals surface area contributed by atoms with Crippen LogP contribution in [0.5, 0.6) is 0 Å². The van der Waals surface area contributed by atoms with Crippen molar-refractivity contribution in [2.45, 2.75) is 38.5 Å². The number of amides is 1.